The number of para-hydroxylation sites is 1. The number of benzene rings is 2. The predicted octanol–water partition coefficient (Wildman–Crippen LogP) is 3.38. The summed E-state index contributed by atoms with van der Waals surface area (Å²) in [6, 6.07) is 15.0. The van der Waals surface area contributed by atoms with E-state index in [4.69, 9.17) is 14.2 Å². The lowest BCUT2D eigenvalue weighted by Gasteiger charge is -2.37. The molecule has 2 aromatic rings. The van der Waals surface area contributed by atoms with Crippen molar-refractivity contribution in [3.8, 4) is 11.5 Å². The van der Waals surface area contributed by atoms with Gasteiger partial charge in [-0.05, 0) is 51.1 Å². The van der Waals surface area contributed by atoms with E-state index in [9.17, 15) is 9.59 Å². The second-order valence-electron chi connectivity index (χ2n) is 7.73. The molecule has 0 N–H and O–H groups in total. The van der Waals surface area contributed by atoms with Crippen LogP contribution in [0, 0.1) is 0 Å². The average Bonchev–Trinajstić information content (AvgIpc) is 2.79. The summed E-state index contributed by atoms with van der Waals surface area (Å²) in [6.45, 7) is 8.09. The lowest BCUT2D eigenvalue weighted by molar-refractivity contribution is -0.140. The fraction of sp³-hybridized carbons (Fsp3) is 0.417. The Kier molecular flexibility index (Phi) is 7.39. The Labute approximate surface area is 183 Å². The summed E-state index contributed by atoms with van der Waals surface area (Å²) in [4.78, 5) is 29.4. The number of amides is 1. The number of carbonyl (C=O) groups is 2. The number of ether oxygens (including phenoxy) is 3. The third-order valence-electron chi connectivity index (χ3n) is 5.11. The summed E-state index contributed by atoms with van der Waals surface area (Å²) >= 11 is 0. The number of anilines is 1. The zero-order valence-corrected chi connectivity index (χ0v) is 18.5. The van der Waals surface area contributed by atoms with Crippen LogP contribution in [0.25, 0.3) is 0 Å². The fourth-order valence-electron chi connectivity index (χ4n) is 3.51. The molecule has 7 nitrogen and oxygen atoms in total. The van der Waals surface area contributed by atoms with Gasteiger partial charge < -0.3 is 24.0 Å². The van der Waals surface area contributed by atoms with E-state index in [0.29, 0.717) is 30.2 Å². The summed E-state index contributed by atoms with van der Waals surface area (Å²) in [5.41, 5.74) is 1.45. The lowest BCUT2D eigenvalue weighted by atomic mass is 10.2. The smallest absolute Gasteiger partial charge is 0.339 e. The number of hydrogen-bond donors (Lipinski definition) is 0. The maximum absolute atomic E-state index is 12.8. The second kappa shape index (κ2) is 10.2. The Morgan fingerprint density at radius 2 is 1.58 bits per heavy atom. The molecule has 31 heavy (non-hydrogen) atoms. The Hall–Kier alpha value is -3.22. The minimum absolute atomic E-state index is 0.0216. The van der Waals surface area contributed by atoms with Crippen molar-refractivity contribution in [1.29, 1.82) is 0 Å². The predicted molar refractivity (Wildman–Crippen MR) is 119 cm³/mol. The zero-order valence-electron chi connectivity index (χ0n) is 18.5. The maximum Gasteiger partial charge on any atom is 0.339 e. The van der Waals surface area contributed by atoms with E-state index >= 15 is 0 Å². The molecule has 0 spiro atoms. The van der Waals surface area contributed by atoms with Crippen LogP contribution >= 0.6 is 0 Å². The molecule has 0 bridgehead atoms. The van der Waals surface area contributed by atoms with Crippen LogP contribution in [0.3, 0.4) is 0 Å². The quantitative estimate of drug-likeness (QED) is 0.633. The van der Waals surface area contributed by atoms with Crippen molar-refractivity contribution in [3.05, 3.63) is 54.1 Å². The van der Waals surface area contributed by atoms with E-state index in [1.165, 1.54) is 7.11 Å². The van der Waals surface area contributed by atoms with E-state index in [1.54, 1.807) is 30.0 Å². The van der Waals surface area contributed by atoms with Gasteiger partial charge in [0, 0.05) is 31.9 Å². The third kappa shape index (κ3) is 5.69. The van der Waals surface area contributed by atoms with Crippen LogP contribution in [0.2, 0.25) is 0 Å². The van der Waals surface area contributed by atoms with E-state index in [2.05, 4.69) is 17.0 Å². The fourth-order valence-corrected chi connectivity index (χ4v) is 3.51. The highest BCUT2D eigenvalue weighted by molar-refractivity contribution is 5.93. The number of hydrogen-bond acceptors (Lipinski definition) is 6. The number of piperazine rings is 1. The van der Waals surface area contributed by atoms with Gasteiger partial charge in [-0.25, -0.2) is 4.79 Å². The molecular formula is C24H30N2O5. The molecule has 1 atom stereocenters. The van der Waals surface area contributed by atoms with Crippen LogP contribution in [0.1, 0.15) is 31.1 Å². The molecule has 7 heteroatoms. The van der Waals surface area contributed by atoms with Crippen LogP contribution in [0.5, 0.6) is 11.5 Å². The Bertz CT molecular complexity index is 892. The Morgan fingerprint density at radius 3 is 2.19 bits per heavy atom. The molecule has 166 valence electrons. The van der Waals surface area contributed by atoms with Gasteiger partial charge in [-0.15, -0.1) is 0 Å². The first-order chi connectivity index (χ1) is 14.9. The summed E-state index contributed by atoms with van der Waals surface area (Å²) in [5, 5.41) is 0. The molecular weight excluding hydrogens is 396 g/mol. The first-order valence-corrected chi connectivity index (χ1v) is 10.5. The van der Waals surface area contributed by atoms with E-state index in [0.717, 1.165) is 18.8 Å². The van der Waals surface area contributed by atoms with Gasteiger partial charge in [0.1, 0.15) is 0 Å². The molecule has 0 radical (unpaired) electrons. The minimum atomic E-state index is -0.867. The van der Waals surface area contributed by atoms with Gasteiger partial charge in [0.25, 0.3) is 5.91 Å². The van der Waals surface area contributed by atoms with Crippen LogP contribution in [0.4, 0.5) is 5.69 Å². The van der Waals surface area contributed by atoms with Crippen molar-refractivity contribution in [3.63, 3.8) is 0 Å². The van der Waals surface area contributed by atoms with Crippen molar-refractivity contribution in [2.45, 2.75) is 33.0 Å². The zero-order chi connectivity index (χ0) is 22.4. The molecule has 0 saturated carbocycles. The monoisotopic (exact) mass is 426 g/mol. The number of nitrogens with zero attached hydrogens (tertiary/aromatic N) is 2. The normalized spacial score (nSPS) is 14.9. The average molecular weight is 427 g/mol. The topological polar surface area (TPSA) is 68.3 Å². The summed E-state index contributed by atoms with van der Waals surface area (Å²) < 4.78 is 16.4. The number of carbonyl (C=O) groups excluding carboxylic acids is 2. The van der Waals surface area contributed by atoms with Crippen LogP contribution in [-0.2, 0) is 9.53 Å². The van der Waals surface area contributed by atoms with Gasteiger partial charge in [-0.3, -0.25) is 4.79 Å². The van der Waals surface area contributed by atoms with Gasteiger partial charge in [0.2, 0.25) is 0 Å². The van der Waals surface area contributed by atoms with Crippen LogP contribution in [0.15, 0.2) is 48.5 Å². The van der Waals surface area contributed by atoms with Gasteiger partial charge in [0.05, 0.1) is 18.8 Å². The highest BCUT2D eigenvalue weighted by Gasteiger charge is 2.28. The largest absolute Gasteiger partial charge is 0.493 e. The van der Waals surface area contributed by atoms with E-state index in [-0.39, 0.29) is 12.0 Å². The molecule has 1 heterocycles. The second-order valence-corrected chi connectivity index (χ2v) is 7.73. The summed E-state index contributed by atoms with van der Waals surface area (Å²) in [7, 11) is 1.51. The maximum atomic E-state index is 12.8. The molecule has 1 amide bonds. The van der Waals surface area contributed by atoms with Crippen LogP contribution in [-0.4, -0.2) is 62.3 Å². The van der Waals surface area contributed by atoms with Crippen molar-refractivity contribution in [2.24, 2.45) is 0 Å². The number of esters is 1. The highest BCUT2D eigenvalue weighted by atomic mass is 16.5. The molecule has 0 aromatic heterocycles. The van der Waals surface area contributed by atoms with Crippen molar-refractivity contribution >= 4 is 17.6 Å². The molecule has 3 rings (SSSR count). The van der Waals surface area contributed by atoms with E-state index in [1.807, 2.05) is 32.0 Å². The van der Waals surface area contributed by atoms with Gasteiger partial charge in [-0.1, -0.05) is 18.2 Å². The van der Waals surface area contributed by atoms with Gasteiger partial charge >= 0.3 is 5.97 Å². The van der Waals surface area contributed by atoms with Crippen molar-refractivity contribution in [2.75, 3.05) is 38.2 Å². The molecule has 0 unspecified atom stereocenters. The van der Waals surface area contributed by atoms with Gasteiger partial charge in [-0.2, -0.15) is 0 Å². The molecule has 1 aliphatic rings. The Morgan fingerprint density at radius 1 is 0.903 bits per heavy atom. The first kappa shape index (κ1) is 22.5. The van der Waals surface area contributed by atoms with E-state index < -0.39 is 12.1 Å². The molecule has 1 fully saturated rings. The SMILES string of the molecule is COc1cc(C(=O)O[C@H](C)C(=O)N2CCN(c3ccccc3)CC2)ccc1OC(C)C. The van der Waals surface area contributed by atoms with Gasteiger partial charge in [0.15, 0.2) is 17.6 Å². The number of methoxy groups -OCH3 is 1. The van der Waals surface area contributed by atoms with Crippen LogP contribution < -0.4 is 14.4 Å². The highest BCUT2D eigenvalue weighted by Crippen LogP contribution is 2.29. The lowest BCUT2D eigenvalue weighted by Crippen LogP contribution is -2.51. The van der Waals surface area contributed by atoms with Crippen molar-refractivity contribution < 1.29 is 23.8 Å². The third-order valence-corrected chi connectivity index (χ3v) is 5.11. The minimum Gasteiger partial charge on any atom is -0.493 e. The molecule has 2 aromatic carbocycles. The first-order valence-electron chi connectivity index (χ1n) is 10.5. The standard InChI is InChI=1S/C24H30N2O5/c1-17(2)30-21-11-10-19(16-22(21)29-4)24(28)31-18(3)23(27)26-14-12-25(13-15-26)20-8-6-5-7-9-20/h5-11,16-18H,12-15H2,1-4H3/t18-/m1/s1. The summed E-state index contributed by atoms with van der Waals surface area (Å²) in [6.07, 6.45) is -0.889. The Balaban J connectivity index is 1.56. The molecule has 0 aliphatic carbocycles. The number of rotatable bonds is 7. The summed E-state index contributed by atoms with van der Waals surface area (Å²) in [5.74, 6) is 0.236. The van der Waals surface area contributed by atoms with Crippen molar-refractivity contribution in [1.82, 2.24) is 4.90 Å². The molecule has 1 saturated heterocycles. The molecule has 1 aliphatic heterocycles.